The van der Waals surface area contributed by atoms with Gasteiger partial charge in [-0.2, -0.15) is 0 Å². The van der Waals surface area contributed by atoms with E-state index in [2.05, 4.69) is 20.9 Å². The average Bonchev–Trinajstić information content (AvgIpc) is 2.44. The predicted molar refractivity (Wildman–Crippen MR) is 61.1 cm³/mol. The van der Waals surface area contributed by atoms with Gasteiger partial charge in [-0.1, -0.05) is 0 Å². The SMILES string of the molecule is O=C1NCCCC[C@H]1N1CNC(=S)NC1. The van der Waals surface area contributed by atoms with Crippen molar-refractivity contribution in [3.05, 3.63) is 0 Å². The normalized spacial score (nSPS) is 28.7. The van der Waals surface area contributed by atoms with Gasteiger partial charge in [-0.3, -0.25) is 9.69 Å². The molecule has 0 radical (unpaired) electrons. The Labute approximate surface area is 94.6 Å². The van der Waals surface area contributed by atoms with E-state index >= 15 is 0 Å². The zero-order chi connectivity index (χ0) is 10.7. The van der Waals surface area contributed by atoms with Gasteiger partial charge in [-0.05, 0) is 31.5 Å². The van der Waals surface area contributed by atoms with Gasteiger partial charge in [-0.25, -0.2) is 0 Å². The van der Waals surface area contributed by atoms with Crippen molar-refractivity contribution in [2.75, 3.05) is 19.9 Å². The topological polar surface area (TPSA) is 56.4 Å². The van der Waals surface area contributed by atoms with Crippen molar-refractivity contribution in [1.29, 1.82) is 0 Å². The van der Waals surface area contributed by atoms with Crippen LogP contribution in [0.5, 0.6) is 0 Å². The van der Waals surface area contributed by atoms with E-state index in [1.54, 1.807) is 0 Å². The van der Waals surface area contributed by atoms with Gasteiger partial charge in [0.1, 0.15) is 0 Å². The van der Waals surface area contributed by atoms with Crippen molar-refractivity contribution in [3.63, 3.8) is 0 Å². The first-order valence-corrected chi connectivity index (χ1v) is 5.71. The molecule has 5 nitrogen and oxygen atoms in total. The lowest BCUT2D eigenvalue weighted by Crippen LogP contribution is -2.59. The van der Waals surface area contributed by atoms with Crippen molar-refractivity contribution >= 4 is 23.2 Å². The number of thiocarbonyl (C=S) groups is 1. The number of hydrogen-bond donors (Lipinski definition) is 3. The first-order valence-electron chi connectivity index (χ1n) is 5.31. The Bertz CT molecular complexity index is 261. The summed E-state index contributed by atoms with van der Waals surface area (Å²) in [5.74, 6) is 0.143. The second-order valence-corrected chi connectivity index (χ2v) is 4.30. The number of carbonyl (C=O) groups excluding carboxylic acids is 1. The van der Waals surface area contributed by atoms with Gasteiger partial charge >= 0.3 is 0 Å². The Kier molecular flexibility index (Phi) is 3.37. The third kappa shape index (κ3) is 2.57. The summed E-state index contributed by atoms with van der Waals surface area (Å²) in [5, 5.41) is 9.67. The van der Waals surface area contributed by atoms with Crippen LogP contribution in [-0.4, -0.2) is 41.8 Å². The number of amides is 1. The summed E-state index contributed by atoms with van der Waals surface area (Å²) in [7, 11) is 0. The molecule has 2 rings (SSSR count). The molecule has 0 aromatic rings. The minimum Gasteiger partial charge on any atom is -0.355 e. The fraction of sp³-hybridized carbons (Fsp3) is 0.778. The molecule has 1 amide bonds. The van der Waals surface area contributed by atoms with Gasteiger partial charge in [0.25, 0.3) is 0 Å². The third-order valence-electron chi connectivity index (χ3n) is 2.83. The highest BCUT2D eigenvalue weighted by atomic mass is 32.1. The van der Waals surface area contributed by atoms with Crippen molar-refractivity contribution in [1.82, 2.24) is 20.9 Å². The van der Waals surface area contributed by atoms with Crippen LogP contribution < -0.4 is 16.0 Å². The zero-order valence-electron chi connectivity index (χ0n) is 8.58. The standard InChI is InChI=1S/C9H16N4OS/c14-8-7(3-1-2-4-10-8)13-5-11-9(15)12-6-13/h7H,1-6H2,(H,10,14)(H2,11,12,15)/t7-/m1/s1. The molecule has 3 N–H and O–H groups in total. The Balaban J connectivity index is 1.95. The number of nitrogens with zero attached hydrogens (tertiary/aromatic N) is 1. The predicted octanol–water partition coefficient (Wildman–Crippen LogP) is -0.650. The van der Waals surface area contributed by atoms with E-state index in [1.807, 2.05) is 0 Å². The van der Waals surface area contributed by atoms with Crippen LogP contribution in [0.3, 0.4) is 0 Å². The summed E-state index contributed by atoms with van der Waals surface area (Å²) in [5.41, 5.74) is 0. The second-order valence-electron chi connectivity index (χ2n) is 3.89. The van der Waals surface area contributed by atoms with Gasteiger partial charge in [0.2, 0.25) is 5.91 Å². The van der Waals surface area contributed by atoms with Crippen LogP contribution >= 0.6 is 12.2 Å². The molecule has 2 aliphatic heterocycles. The molecule has 0 aliphatic carbocycles. The van der Waals surface area contributed by atoms with E-state index in [0.717, 1.165) is 25.8 Å². The molecule has 2 saturated heterocycles. The van der Waals surface area contributed by atoms with Crippen LogP contribution in [0.4, 0.5) is 0 Å². The summed E-state index contributed by atoms with van der Waals surface area (Å²) >= 11 is 4.97. The summed E-state index contributed by atoms with van der Waals surface area (Å²) in [6.07, 6.45) is 3.11. The number of carbonyl (C=O) groups is 1. The van der Waals surface area contributed by atoms with E-state index in [1.165, 1.54) is 0 Å². The molecule has 1 atom stereocenters. The molecular weight excluding hydrogens is 212 g/mol. The fourth-order valence-corrected chi connectivity index (χ4v) is 2.09. The van der Waals surface area contributed by atoms with Crippen LogP contribution in [0.15, 0.2) is 0 Å². The number of hydrogen-bond acceptors (Lipinski definition) is 3. The summed E-state index contributed by atoms with van der Waals surface area (Å²) in [4.78, 5) is 13.8. The molecular formula is C9H16N4OS. The van der Waals surface area contributed by atoms with E-state index in [9.17, 15) is 4.79 Å². The molecule has 0 bridgehead atoms. The van der Waals surface area contributed by atoms with Crippen molar-refractivity contribution < 1.29 is 4.79 Å². The van der Waals surface area contributed by atoms with E-state index in [4.69, 9.17) is 12.2 Å². The first kappa shape index (κ1) is 10.6. The van der Waals surface area contributed by atoms with Crippen LogP contribution in [0.25, 0.3) is 0 Å². The quantitative estimate of drug-likeness (QED) is 0.521. The Hall–Kier alpha value is -0.880. The van der Waals surface area contributed by atoms with Crippen molar-refractivity contribution in [3.8, 4) is 0 Å². The van der Waals surface area contributed by atoms with Gasteiger partial charge < -0.3 is 16.0 Å². The van der Waals surface area contributed by atoms with Gasteiger partial charge in [0.15, 0.2) is 5.11 Å². The third-order valence-corrected chi connectivity index (χ3v) is 3.12. The molecule has 2 aliphatic rings. The minimum absolute atomic E-state index is 0.0180. The van der Waals surface area contributed by atoms with Gasteiger partial charge in [-0.15, -0.1) is 0 Å². The molecule has 0 aromatic carbocycles. The highest BCUT2D eigenvalue weighted by Gasteiger charge is 2.28. The maximum Gasteiger partial charge on any atom is 0.237 e. The highest BCUT2D eigenvalue weighted by Crippen LogP contribution is 2.12. The maximum absolute atomic E-state index is 11.8. The van der Waals surface area contributed by atoms with Crippen LogP contribution in [-0.2, 0) is 4.79 Å². The molecule has 0 spiro atoms. The number of nitrogens with one attached hydrogen (secondary N) is 3. The van der Waals surface area contributed by atoms with Crippen molar-refractivity contribution in [2.24, 2.45) is 0 Å². The monoisotopic (exact) mass is 228 g/mol. The number of rotatable bonds is 1. The lowest BCUT2D eigenvalue weighted by atomic mass is 10.1. The maximum atomic E-state index is 11.8. The Morgan fingerprint density at radius 1 is 1.20 bits per heavy atom. The molecule has 2 fully saturated rings. The molecule has 0 aromatic heterocycles. The van der Waals surface area contributed by atoms with Crippen LogP contribution in [0.2, 0.25) is 0 Å². The highest BCUT2D eigenvalue weighted by molar-refractivity contribution is 7.80. The lowest BCUT2D eigenvalue weighted by molar-refractivity contribution is -0.126. The second kappa shape index (κ2) is 4.76. The van der Waals surface area contributed by atoms with Gasteiger partial charge in [0, 0.05) is 6.54 Å². The molecule has 6 heteroatoms. The average molecular weight is 228 g/mol. The van der Waals surface area contributed by atoms with Crippen molar-refractivity contribution in [2.45, 2.75) is 25.3 Å². The zero-order valence-corrected chi connectivity index (χ0v) is 9.40. The molecule has 15 heavy (non-hydrogen) atoms. The Morgan fingerprint density at radius 2 is 1.93 bits per heavy atom. The summed E-state index contributed by atoms with van der Waals surface area (Å²) < 4.78 is 0. The van der Waals surface area contributed by atoms with Gasteiger partial charge in [0.05, 0.1) is 19.4 Å². The largest absolute Gasteiger partial charge is 0.355 e. The fourth-order valence-electron chi connectivity index (χ4n) is 1.96. The summed E-state index contributed by atoms with van der Waals surface area (Å²) in [6, 6.07) is -0.0180. The van der Waals surface area contributed by atoms with Crippen LogP contribution in [0.1, 0.15) is 19.3 Å². The van der Waals surface area contributed by atoms with Crippen LogP contribution in [0, 0.1) is 0 Å². The molecule has 0 unspecified atom stereocenters. The van der Waals surface area contributed by atoms with E-state index in [0.29, 0.717) is 18.4 Å². The summed E-state index contributed by atoms with van der Waals surface area (Å²) in [6.45, 7) is 2.12. The minimum atomic E-state index is -0.0180. The van der Waals surface area contributed by atoms with E-state index < -0.39 is 0 Å². The molecule has 2 heterocycles. The lowest BCUT2D eigenvalue weighted by Gasteiger charge is -2.34. The smallest absolute Gasteiger partial charge is 0.237 e. The first-order chi connectivity index (χ1) is 7.27. The van der Waals surface area contributed by atoms with E-state index in [-0.39, 0.29) is 11.9 Å². The molecule has 0 saturated carbocycles. The Morgan fingerprint density at radius 3 is 2.67 bits per heavy atom. The molecule has 84 valence electrons.